The lowest BCUT2D eigenvalue weighted by molar-refractivity contribution is -0.135. The van der Waals surface area contributed by atoms with Gasteiger partial charge in [-0.15, -0.1) is 0 Å². The second-order valence-corrected chi connectivity index (χ2v) is 6.42. The van der Waals surface area contributed by atoms with Gasteiger partial charge in [0.15, 0.2) is 11.3 Å². The van der Waals surface area contributed by atoms with Crippen LogP contribution in [0, 0.1) is 6.92 Å². The molecule has 3 aromatic heterocycles. The fourth-order valence-electron chi connectivity index (χ4n) is 3.35. The molecule has 1 aromatic carbocycles. The van der Waals surface area contributed by atoms with Gasteiger partial charge in [0, 0.05) is 14.1 Å². The second kappa shape index (κ2) is 5.78. The minimum absolute atomic E-state index is 0.0771. The van der Waals surface area contributed by atoms with Crippen LogP contribution in [0.1, 0.15) is 11.3 Å². The van der Waals surface area contributed by atoms with Crippen molar-refractivity contribution in [1.82, 2.24) is 23.9 Å². The third-order valence-corrected chi connectivity index (χ3v) is 4.67. The molecular formula is C18H14F3N5O2. The van der Waals surface area contributed by atoms with E-state index in [1.807, 2.05) is 0 Å². The number of rotatable bonds is 1. The Morgan fingerprint density at radius 3 is 2.18 bits per heavy atom. The van der Waals surface area contributed by atoms with Crippen LogP contribution in [0.5, 0.6) is 0 Å². The molecule has 10 heteroatoms. The molecule has 0 saturated carbocycles. The summed E-state index contributed by atoms with van der Waals surface area (Å²) in [6.07, 6.45) is -4.85. The second-order valence-electron chi connectivity index (χ2n) is 6.42. The number of aromatic nitrogens is 5. The van der Waals surface area contributed by atoms with E-state index in [2.05, 4.69) is 10.1 Å². The van der Waals surface area contributed by atoms with Gasteiger partial charge in [-0.05, 0) is 19.1 Å². The third kappa shape index (κ3) is 2.37. The third-order valence-electron chi connectivity index (χ3n) is 4.67. The number of hydrogen-bond donors (Lipinski definition) is 0. The Labute approximate surface area is 155 Å². The Kier molecular flexibility index (Phi) is 3.71. The number of aryl methyl sites for hydroxylation is 2. The van der Waals surface area contributed by atoms with E-state index in [1.54, 1.807) is 30.3 Å². The zero-order valence-corrected chi connectivity index (χ0v) is 15.1. The smallest absolute Gasteiger partial charge is 0.280 e. The Bertz CT molecular complexity index is 1360. The van der Waals surface area contributed by atoms with Gasteiger partial charge in [-0.3, -0.25) is 13.9 Å². The lowest BCUT2D eigenvalue weighted by atomic mass is 10.1. The molecule has 0 atom stereocenters. The van der Waals surface area contributed by atoms with Crippen LogP contribution in [0.2, 0.25) is 0 Å². The fourth-order valence-corrected chi connectivity index (χ4v) is 3.35. The molecule has 0 saturated heterocycles. The lowest BCUT2D eigenvalue weighted by Crippen LogP contribution is -2.38. The van der Waals surface area contributed by atoms with E-state index in [-0.39, 0.29) is 22.4 Å². The molecule has 3 heterocycles. The summed E-state index contributed by atoms with van der Waals surface area (Å²) in [5.74, 6) is 0. The van der Waals surface area contributed by atoms with Gasteiger partial charge < -0.3 is 0 Å². The molecule has 28 heavy (non-hydrogen) atoms. The summed E-state index contributed by atoms with van der Waals surface area (Å²) in [6.45, 7) is 1.43. The number of nitrogens with zero attached hydrogens (tertiary/aromatic N) is 5. The number of hydrogen-bond acceptors (Lipinski definition) is 4. The number of fused-ring (bicyclic) bond motifs is 2. The predicted molar refractivity (Wildman–Crippen MR) is 96.6 cm³/mol. The van der Waals surface area contributed by atoms with E-state index in [1.165, 1.54) is 18.7 Å². The molecule has 0 aliphatic carbocycles. The maximum atomic E-state index is 14.1. The highest BCUT2D eigenvalue weighted by molar-refractivity contribution is 5.97. The number of alkyl halides is 3. The topological polar surface area (TPSA) is 74.7 Å². The van der Waals surface area contributed by atoms with Gasteiger partial charge in [-0.1, -0.05) is 18.2 Å². The summed E-state index contributed by atoms with van der Waals surface area (Å²) >= 11 is 0. The minimum Gasteiger partial charge on any atom is -0.280 e. The van der Waals surface area contributed by atoms with E-state index in [0.29, 0.717) is 10.3 Å². The fraction of sp³-hybridized carbons (Fsp3) is 0.222. The Morgan fingerprint density at radius 2 is 1.57 bits per heavy atom. The van der Waals surface area contributed by atoms with E-state index < -0.39 is 28.4 Å². The Hall–Kier alpha value is -3.43. The highest BCUT2D eigenvalue weighted by atomic mass is 19.4. The number of pyridine rings is 1. The highest BCUT2D eigenvalue weighted by Crippen LogP contribution is 2.39. The van der Waals surface area contributed by atoms with Crippen molar-refractivity contribution in [2.75, 3.05) is 0 Å². The van der Waals surface area contributed by atoms with Gasteiger partial charge in [-0.2, -0.15) is 18.3 Å². The van der Waals surface area contributed by atoms with Crippen molar-refractivity contribution in [1.29, 1.82) is 0 Å². The highest BCUT2D eigenvalue weighted by Gasteiger charge is 2.39. The Balaban J connectivity index is 2.34. The van der Waals surface area contributed by atoms with Crippen LogP contribution < -0.4 is 11.2 Å². The van der Waals surface area contributed by atoms with Crippen LogP contribution in [0.3, 0.4) is 0 Å². The summed E-state index contributed by atoms with van der Waals surface area (Å²) in [5.41, 5.74) is -2.78. The van der Waals surface area contributed by atoms with E-state index in [0.717, 1.165) is 11.6 Å². The predicted octanol–water partition coefficient (Wildman–Crippen LogP) is 2.30. The molecule has 0 bridgehead atoms. The summed E-state index contributed by atoms with van der Waals surface area (Å²) in [4.78, 5) is 29.1. The molecule has 4 rings (SSSR count). The van der Waals surface area contributed by atoms with Crippen LogP contribution in [-0.2, 0) is 20.3 Å². The first-order chi connectivity index (χ1) is 13.1. The molecule has 0 spiro atoms. The normalized spacial score (nSPS) is 12.2. The van der Waals surface area contributed by atoms with Crippen LogP contribution in [0.4, 0.5) is 13.2 Å². The quantitative estimate of drug-likeness (QED) is 0.501. The van der Waals surface area contributed by atoms with Crippen molar-refractivity contribution in [3.8, 4) is 5.69 Å². The largest absolute Gasteiger partial charge is 0.418 e. The molecule has 0 aliphatic heterocycles. The lowest BCUT2D eigenvalue weighted by Gasteiger charge is -2.14. The van der Waals surface area contributed by atoms with Gasteiger partial charge in [0.2, 0.25) is 0 Å². The maximum Gasteiger partial charge on any atom is 0.418 e. The molecule has 144 valence electrons. The molecule has 0 amide bonds. The molecular weight excluding hydrogens is 375 g/mol. The van der Waals surface area contributed by atoms with Crippen LogP contribution in [-0.4, -0.2) is 23.9 Å². The van der Waals surface area contributed by atoms with Gasteiger partial charge in [0.25, 0.3) is 5.56 Å². The van der Waals surface area contributed by atoms with Gasteiger partial charge >= 0.3 is 11.9 Å². The minimum atomic E-state index is -4.85. The summed E-state index contributed by atoms with van der Waals surface area (Å²) in [6, 6.07) is 8.55. The molecule has 7 nitrogen and oxygen atoms in total. The maximum absolute atomic E-state index is 14.1. The standard InChI is InChI=1S/C18H14F3N5O2/c1-9-11-13(18(19,20)21)12-14(24(2)17(28)25(3)16(12)27)22-15(11)26(23-9)10-7-5-4-6-8-10/h4-8H,1-3H3. The van der Waals surface area contributed by atoms with Crippen molar-refractivity contribution in [3.63, 3.8) is 0 Å². The van der Waals surface area contributed by atoms with Gasteiger partial charge in [0.1, 0.15) is 0 Å². The molecule has 0 N–H and O–H groups in total. The molecule has 0 unspecified atom stereocenters. The molecule has 0 radical (unpaired) electrons. The van der Waals surface area contributed by atoms with Crippen molar-refractivity contribution >= 4 is 22.1 Å². The van der Waals surface area contributed by atoms with Crippen LogP contribution in [0.25, 0.3) is 27.8 Å². The first-order valence-corrected chi connectivity index (χ1v) is 8.24. The molecule has 0 fully saturated rings. The van der Waals surface area contributed by atoms with E-state index in [4.69, 9.17) is 0 Å². The van der Waals surface area contributed by atoms with E-state index >= 15 is 0 Å². The zero-order chi connectivity index (χ0) is 20.4. The monoisotopic (exact) mass is 389 g/mol. The number of para-hydroxylation sites is 1. The van der Waals surface area contributed by atoms with Gasteiger partial charge in [-0.25, -0.2) is 14.5 Å². The summed E-state index contributed by atoms with van der Waals surface area (Å²) < 4.78 is 45.1. The van der Waals surface area contributed by atoms with Crippen molar-refractivity contribution < 1.29 is 13.2 Å². The number of benzene rings is 1. The van der Waals surface area contributed by atoms with Crippen molar-refractivity contribution in [2.24, 2.45) is 14.1 Å². The molecule has 4 aromatic rings. The SMILES string of the molecule is Cc1nn(-c2ccccc2)c2nc3c(c(C(F)(F)F)c12)c(=O)n(C)c(=O)n3C. The first kappa shape index (κ1) is 18.0. The van der Waals surface area contributed by atoms with E-state index in [9.17, 15) is 22.8 Å². The average molecular weight is 389 g/mol. The van der Waals surface area contributed by atoms with Crippen LogP contribution in [0.15, 0.2) is 39.9 Å². The first-order valence-electron chi connectivity index (χ1n) is 8.24. The average Bonchev–Trinajstić information content (AvgIpc) is 2.99. The van der Waals surface area contributed by atoms with Crippen molar-refractivity contribution in [2.45, 2.75) is 13.1 Å². The Morgan fingerprint density at radius 1 is 0.929 bits per heavy atom. The van der Waals surface area contributed by atoms with Gasteiger partial charge in [0.05, 0.1) is 27.7 Å². The van der Waals surface area contributed by atoms with Crippen molar-refractivity contribution in [3.05, 3.63) is 62.4 Å². The zero-order valence-electron chi connectivity index (χ0n) is 15.1. The molecule has 0 aliphatic rings. The number of halogens is 3. The summed E-state index contributed by atoms with van der Waals surface area (Å²) in [7, 11) is 2.41. The summed E-state index contributed by atoms with van der Waals surface area (Å²) in [5, 5.41) is 3.30. The van der Waals surface area contributed by atoms with Crippen LogP contribution >= 0.6 is 0 Å².